The fourth-order valence-corrected chi connectivity index (χ4v) is 3.61. The van der Waals surface area contributed by atoms with Crippen molar-refractivity contribution in [3.05, 3.63) is 24.2 Å². The van der Waals surface area contributed by atoms with Crippen molar-refractivity contribution in [1.29, 1.82) is 0 Å². The fraction of sp³-hybridized carbons (Fsp3) is 0.588. The van der Waals surface area contributed by atoms with Crippen molar-refractivity contribution < 1.29 is 18.8 Å². The molecule has 0 aliphatic carbocycles. The second-order valence-corrected chi connectivity index (χ2v) is 6.93. The van der Waals surface area contributed by atoms with Crippen LogP contribution in [0.2, 0.25) is 0 Å². The number of carbonyl (C=O) groups is 3. The molecule has 8 nitrogen and oxygen atoms in total. The molecule has 2 N–H and O–H groups in total. The van der Waals surface area contributed by atoms with E-state index in [-0.39, 0.29) is 30.3 Å². The molecule has 1 aromatic heterocycles. The number of urea groups is 1. The molecule has 0 bridgehead atoms. The lowest BCUT2D eigenvalue weighted by Crippen LogP contribution is -2.56. The average molecular weight is 348 g/mol. The van der Waals surface area contributed by atoms with E-state index in [4.69, 9.17) is 4.42 Å². The van der Waals surface area contributed by atoms with E-state index in [1.165, 1.54) is 7.05 Å². The topological polar surface area (TPSA) is 94.9 Å². The van der Waals surface area contributed by atoms with Gasteiger partial charge in [0.2, 0.25) is 5.91 Å². The molecule has 136 valence electrons. The van der Waals surface area contributed by atoms with Crippen LogP contribution in [0.5, 0.6) is 0 Å². The van der Waals surface area contributed by atoms with Gasteiger partial charge in [-0.05, 0) is 38.4 Å². The smallest absolute Gasteiger partial charge is 0.324 e. The van der Waals surface area contributed by atoms with Crippen molar-refractivity contribution >= 4 is 17.8 Å². The number of likely N-dealkylation sites (N-methyl/N-ethyl adjacent to an activating group) is 1. The second-order valence-electron chi connectivity index (χ2n) is 6.93. The number of rotatable bonds is 5. The Bertz CT molecular complexity index is 660. The summed E-state index contributed by atoms with van der Waals surface area (Å²) in [6.07, 6.45) is 3.31. The van der Waals surface area contributed by atoms with Crippen molar-refractivity contribution in [3.8, 4) is 0 Å². The molecule has 2 aliphatic heterocycles. The van der Waals surface area contributed by atoms with Gasteiger partial charge in [-0.25, -0.2) is 4.79 Å². The van der Waals surface area contributed by atoms with Crippen molar-refractivity contribution in [2.24, 2.45) is 5.92 Å². The van der Waals surface area contributed by atoms with Gasteiger partial charge in [-0.1, -0.05) is 0 Å². The number of hydrogen-bond acceptors (Lipinski definition) is 5. The summed E-state index contributed by atoms with van der Waals surface area (Å²) in [4.78, 5) is 39.6. The van der Waals surface area contributed by atoms with E-state index < -0.39 is 5.54 Å². The zero-order valence-electron chi connectivity index (χ0n) is 14.6. The van der Waals surface area contributed by atoms with E-state index in [1.54, 1.807) is 19.3 Å². The molecular weight excluding hydrogens is 324 g/mol. The minimum absolute atomic E-state index is 0.0134. The largest absolute Gasteiger partial charge is 0.467 e. The Morgan fingerprint density at radius 3 is 2.92 bits per heavy atom. The molecule has 4 amide bonds. The standard InChI is InChI=1S/C17H24N4O4/c1-17(15(23)20(2)16(24)19-17)12-5-3-7-21(10-12)11-14(22)18-9-13-6-4-8-25-13/h4,6,8,12H,3,5,7,9-11H2,1-2H3,(H,18,22)(H,19,24)/t12-,17+/m1/s1. The lowest BCUT2D eigenvalue weighted by Gasteiger charge is -2.39. The number of likely N-dealkylation sites (tertiary alicyclic amines) is 1. The number of hydrogen-bond donors (Lipinski definition) is 2. The molecule has 2 aliphatic rings. The summed E-state index contributed by atoms with van der Waals surface area (Å²) in [5.74, 6) is 0.410. The second kappa shape index (κ2) is 6.87. The third kappa shape index (κ3) is 3.53. The maximum atomic E-state index is 12.4. The summed E-state index contributed by atoms with van der Waals surface area (Å²) in [6.45, 7) is 3.82. The van der Waals surface area contributed by atoms with Crippen LogP contribution >= 0.6 is 0 Å². The van der Waals surface area contributed by atoms with Gasteiger partial charge >= 0.3 is 6.03 Å². The van der Waals surface area contributed by atoms with Gasteiger partial charge in [0.25, 0.3) is 5.91 Å². The van der Waals surface area contributed by atoms with Gasteiger partial charge in [-0.2, -0.15) is 0 Å². The van der Waals surface area contributed by atoms with Crippen LogP contribution in [0.15, 0.2) is 22.8 Å². The number of carbonyl (C=O) groups excluding carboxylic acids is 3. The number of imide groups is 1. The highest BCUT2D eigenvalue weighted by Gasteiger charge is 2.51. The SMILES string of the molecule is CN1C(=O)N[C@@](C)([C@@H]2CCCN(CC(=O)NCc3ccco3)C2)C1=O. The normalized spacial score (nSPS) is 27.4. The molecule has 0 unspecified atom stereocenters. The van der Waals surface area contributed by atoms with Crippen LogP contribution in [0, 0.1) is 5.92 Å². The Morgan fingerprint density at radius 1 is 1.48 bits per heavy atom. The summed E-state index contributed by atoms with van der Waals surface area (Å²) in [6, 6.07) is 3.23. The highest BCUT2D eigenvalue weighted by molar-refractivity contribution is 6.06. The van der Waals surface area contributed by atoms with Gasteiger partial charge in [0, 0.05) is 19.5 Å². The molecule has 0 spiro atoms. The number of nitrogens with zero attached hydrogens (tertiary/aromatic N) is 2. The van der Waals surface area contributed by atoms with Crippen LogP contribution in [0.1, 0.15) is 25.5 Å². The van der Waals surface area contributed by atoms with E-state index in [9.17, 15) is 14.4 Å². The Labute approximate surface area is 146 Å². The molecule has 0 saturated carbocycles. The third-order valence-electron chi connectivity index (χ3n) is 5.15. The van der Waals surface area contributed by atoms with E-state index in [2.05, 4.69) is 10.6 Å². The summed E-state index contributed by atoms with van der Waals surface area (Å²) < 4.78 is 5.19. The first kappa shape index (κ1) is 17.5. The van der Waals surface area contributed by atoms with Gasteiger partial charge in [-0.15, -0.1) is 0 Å². The minimum Gasteiger partial charge on any atom is -0.467 e. The van der Waals surface area contributed by atoms with E-state index in [1.807, 2.05) is 11.0 Å². The van der Waals surface area contributed by atoms with E-state index >= 15 is 0 Å². The summed E-state index contributed by atoms with van der Waals surface area (Å²) in [7, 11) is 1.49. The molecule has 2 atom stereocenters. The zero-order valence-corrected chi connectivity index (χ0v) is 14.6. The predicted molar refractivity (Wildman–Crippen MR) is 89.4 cm³/mol. The zero-order chi connectivity index (χ0) is 18.0. The fourth-order valence-electron chi connectivity index (χ4n) is 3.61. The molecule has 0 radical (unpaired) electrons. The highest BCUT2D eigenvalue weighted by Crippen LogP contribution is 2.31. The first-order valence-electron chi connectivity index (χ1n) is 8.52. The van der Waals surface area contributed by atoms with Crippen molar-refractivity contribution in [3.63, 3.8) is 0 Å². The third-order valence-corrected chi connectivity index (χ3v) is 5.15. The summed E-state index contributed by atoms with van der Waals surface area (Å²) in [5.41, 5.74) is -0.894. The van der Waals surface area contributed by atoms with Crippen molar-refractivity contribution in [2.75, 3.05) is 26.7 Å². The maximum Gasteiger partial charge on any atom is 0.324 e. The van der Waals surface area contributed by atoms with Crippen LogP contribution in [0.3, 0.4) is 0 Å². The van der Waals surface area contributed by atoms with E-state index in [0.29, 0.717) is 18.8 Å². The molecule has 2 fully saturated rings. The van der Waals surface area contributed by atoms with Crippen LogP contribution in [-0.4, -0.2) is 59.9 Å². The van der Waals surface area contributed by atoms with Gasteiger partial charge in [-0.3, -0.25) is 19.4 Å². The first-order chi connectivity index (χ1) is 11.9. The Morgan fingerprint density at radius 2 is 2.28 bits per heavy atom. The van der Waals surface area contributed by atoms with Gasteiger partial charge in [0.1, 0.15) is 11.3 Å². The monoisotopic (exact) mass is 348 g/mol. The molecule has 3 rings (SSSR count). The summed E-state index contributed by atoms with van der Waals surface area (Å²) in [5, 5.41) is 5.64. The number of furan rings is 1. The Balaban J connectivity index is 1.55. The summed E-state index contributed by atoms with van der Waals surface area (Å²) >= 11 is 0. The Hall–Kier alpha value is -2.35. The lowest BCUT2D eigenvalue weighted by atomic mass is 9.80. The quantitative estimate of drug-likeness (QED) is 0.758. The molecule has 3 heterocycles. The first-order valence-corrected chi connectivity index (χ1v) is 8.52. The molecule has 8 heteroatoms. The van der Waals surface area contributed by atoms with Crippen LogP contribution in [0.25, 0.3) is 0 Å². The molecule has 2 saturated heterocycles. The van der Waals surface area contributed by atoms with Gasteiger partial charge in [0.05, 0.1) is 19.4 Å². The average Bonchev–Trinajstić information content (AvgIpc) is 3.18. The lowest BCUT2D eigenvalue weighted by molar-refractivity contribution is -0.132. The molecule has 1 aromatic rings. The highest BCUT2D eigenvalue weighted by atomic mass is 16.3. The number of piperidine rings is 1. The molecule has 25 heavy (non-hydrogen) atoms. The van der Waals surface area contributed by atoms with Gasteiger partial charge in [0.15, 0.2) is 0 Å². The van der Waals surface area contributed by atoms with Crippen LogP contribution in [0.4, 0.5) is 4.79 Å². The van der Waals surface area contributed by atoms with Crippen LogP contribution < -0.4 is 10.6 Å². The predicted octanol–water partition coefficient (Wildman–Crippen LogP) is 0.548. The van der Waals surface area contributed by atoms with Crippen molar-refractivity contribution in [1.82, 2.24) is 20.4 Å². The minimum atomic E-state index is -0.894. The maximum absolute atomic E-state index is 12.4. The van der Waals surface area contributed by atoms with Crippen molar-refractivity contribution in [2.45, 2.75) is 31.8 Å². The van der Waals surface area contributed by atoms with E-state index in [0.717, 1.165) is 24.3 Å². The number of amides is 4. The molecule has 0 aromatic carbocycles. The van der Waals surface area contributed by atoms with Gasteiger partial charge < -0.3 is 15.1 Å². The van der Waals surface area contributed by atoms with Crippen LogP contribution in [-0.2, 0) is 16.1 Å². The Kier molecular flexibility index (Phi) is 4.80. The molecular formula is C17H24N4O4. The number of nitrogens with one attached hydrogen (secondary N) is 2.